The van der Waals surface area contributed by atoms with Crippen LogP contribution in [0.2, 0.25) is 0 Å². The lowest BCUT2D eigenvalue weighted by atomic mass is 10.1. The molecule has 1 saturated heterocycles. The van der Waals surface area contributed by atoms with Crippen LogP contribution in [0.15, 0.2) is 36.0 Å². The second-order valence-corrected chi connectivity index (χ2v) is 4.76. The molecule has 1 N–H and O–H groups in total. The van der Waals surface area contributed by atoms with E-state index in [1.54, 1.807) is 6.07 Å². The Morgan fingerprint density at radius 1 is 1.30 bits per heavy atom. The quantitative estimate of drug-likeness (QED) is 0.684. The minimum Gasteiger partial charge on any atom is -0.378 e. The molecule has 0 aliphatic carbocycles. The normalized spacial score (nSPS) is 15.9. The van der Waals surface area contributed by atoms with Gasteiger partial charge in [0.1, 0.15) is 11.6 Å². The summed E-state index contributed by atoms with van der Waals surface area (Å²) in [6, 6.07) is 6.56. The first kappa shape index (κ1) is 16.8. The van der Waals surface area contributed by atoms with Crippen molar-refractivity contribution in [1.82, 2.24) is 4.90 Å². The third-order valence-corrected chi connectivity index (χ3v) is 3.25. The van der Waals surface area contributed by atoms with Crippen LogP contribution >= 0.6 is 0 Å². The maximum absolute atomic E-state index is 12.9. The summed E-state index contributed by atoms with van der Waals surface area (Å²) in [5.74, 6) is -0.534. The van der Waals surface area contributed by atoms with Gasteiger partial charge in [0.25, 0.3) is 5.91 Å². The van der Waals surface area contributed by atoms with Crippen molar-refractivity contribution in [3.05, 3.63) is 41.6 Å². The fourth-order valence-corrected chi connectivity index (χ4v) is 2.08. The van der Waals surface area contributed by atoms with Crippen molar-refractivity contribution in [1.29, 1.82) is 5.26 Å². The van der Waals surface area contributed by atoms with Crippen LogP contribution in [0.4, 0.5) is 18.9 Å². The van der Waals surface area contributed by atoms with Gasteiger partial charge in [-0.2, -0.15) is 18.4 Å². The van der Waals surface area contributed by atoms with Gasteiger partial charge in [0.05, 0.1) is 24.5 Å². The summed E-state index contributed by atoms with van der Waals surface area (Å²) in [5.41, 5.74) is -1.35. The van der Waals surface area contributed by atoms with Crippen molar-refractivity contribution in [3.63, 3.8) is 0 Å². The van der Waals surface area contributed by atoms with Crippen LogP contribution in [-0.2, 0) is 15.7 Å². The van der Waals surface area contributed by atoms with Gasteiger partial charge in [-0.15, -0.1) is 0 Å². The van der Waals surface area contributed by atoms with E-state index in [-0.39, 0.29) is 11.3 Å². The second-order valence-electron chi connectivity index (χ2n) is 4.76. The SMILES string of the molecule is N#C/C(=C/Nc1ccccc1C(F)(F)F)C(=O)N1CCOCC1. The number of nitrogens with zero attached hydrogens (tertiary/aromatic N) is 2. The molecule has 0 spiro atoms. The van der Waals surface area contributed by atoms with E-state index >= 15 is 0 Å². The zero-order chi connectivity index (χ0) is 16.9. The highest BCUT2D eigenvalue weighted by atomic mass is 19.4. The molecule has 0 bridgehead atoms. The minimum atomic E-state index is -4.53. The number of rotatable bonds is 3. The van der Waals surface area contributed by atoms with E-state index in [0.29, 0.717) is 26.3 Å². The molecule has 122 valence electrons. The Labute approximate surface area is 130 Å². The third kappa shape index (κ3) is 4.23. The molecule has 5 nitrogen and oxygen atoms in total. The Hall–Kier alpha value is -2.53. The van der Waals surface area contributed by atoms with Gasteiger partial charge < -0.3 is 15.0 Å². The number of ether oxygens (including phenoxy) is 1. The standard InChI is InChI=1S/C15H14F3N3O2/c16-15(17,18)12-3-1-2-4-13(12)20-10-11(9-19)14(22)21-5-7-23-8-6-21/h1-4,10,20H,5-8H2/b11-10-. The summed E-state index contributed by atoms with van der Waals surface area (Å²) in [6.07, 6.45) is -3.53. The van der Waals surface area contributed by atoms with Crippen molar-refractivity contribution in [2.45, 2.75) is 6.18 Å². The average molecular weight is 325 g/mol. The van der Waals surface area contributed by atoms with Crippen LogP contribution in [0.1, 0.15) is 5.56 Å². The smallest absolute Gasteiger partial charge is 0.378 e. The molecular weight excluding hydrogens is 311 g/mol. The Bertz CT molecular complexity index is 644. The summed E-state index contributed by atoms with van der Waals surface area (Å²) >= 11 is 0. The fourth-order valence-electron chi connectivity index (χ4n) is 2.08. The molecule has 0 aromatic heterocycles. The van der Waals surface area contributed by atoms with Gasteiger partial charge in [0, 0.05) is 19.3 Å². The lowest BCUT2D eigenvalue weighted by molar-refractivity contribution is -0.137. The number of carbonyl (C=O) groups excluding carboxylic acids is 1. The first-order chi connectivity index (χ1) is 10.9. The zero-order valence-electron chi connectivity index (χ0n) is 12.1. The number of nitrogens with one attached hydrogen (secondary N) is 1. The number of para-hydroxylation sites is 1. The van der Waals surface area contributed by atoms with E-state index in [1.807, 2.05) is 0 Å². The number of amides is 1. The van der Waals surface area contributed by atoms with Crippen LogP contribution in [0.5, 0.6) is 0 Å². The van der Waals surface area contributed by atoms with Gasteiger partial charge >= 0.3 is 6.18 Å². The summed E-state index contributed by atoms with van der Waals surface area (Å²) in [5, 5.41) is 11.5. The molecule has 0 unspecified atom stereocenters. The Kier molecular flexibility index (Phi) is 5.24. The number of nitriles is 1. The van der Waals surface area contributed by atoms with Gasteiger partial charge in [-0.25, -0.2) is 0 Å². The first-order valence-electron chi connectivity index (χ1n) is 6.83. The van der Waals surface area contributed by atoms with Crippen molar-refractivity contribution in [3.8, 4) is 6.07 Å². The van der Waals surface area contributed by atoms with Crippen molar-refractivity contribution < 1.29 is 22.7 Å². The largest absolute Gasteiger partial charge is 0.418 e. The Morgan fingerprint density at radius 2 is 1.96 bits per heavy atom. The highest BCUT2D eigenvalue weighted by Gasteiger charge is 2.33. The molecule has 1 heterocycles. The van der Waals surface area contributed by atoms with E-state index in [1.165, 1.54) is 23.1 Å². The second kappa shape index (κ2) is 7.15. The molecule has 0 saturated carbocycles. The summed E-state index contributed by atoms with van der Waals surface area (Å²) < 4.78 is 43.8. The van der Waals surface area contributed by atoms with Crippen LogP contribution in [0.3, 0.4) is 0 Å². The van der Waals surface area contributed by atoms with Gasteiger partial charge in [0.15, 0.2) is 0 Å². The van der Waals surface area contributed by atoms with E-state index in [4.69, 9.17) is 10.00 Å². The molecular formula is C15H14F3N3O2. The highest BCUT2D eigenvalue weighted by molar-refractivity contribution is 5.97. The Balaban J connectivity index is 2.17. The van der Waals surface area contributed by atoms with Gasteiger partial charge in [-0.3, -0.25) is 4.79 Å². The number of halogens is 3. The van der Waals surface area contributed by atoms with Crippen LogP contribution in [0.25, 0.3) is 0 Å². The third-order valence-electron chi connectivity index (χ3n) is 3.25. The molecule has 23 heavy (non-hydrogen) atoms. The molecule has 1 aromatic rings. The number of morpholine rings is 1. The van der Waals surface area contributed by atoms with E-state index in [0.717, 1.165) is 12.3 Å². The molecule has 1 amide bonds. The number of anilines is 1. The van der Waals surface area contributed by atoms with E-state index in [2.05, 4.69) is 5.32 Å². The Morgan fingerprint density at radius 3 is 2.57 bits per heavy atom. The molecule has 0 radical (unpaired) electrons. The number of carbonyl (C=O) groups is 1. The molecule has 1 aromatic carbocycles. The number of hydrogen-bond acceptors (Lipinski definition) is 4. The number of hydrogen-bond donors (Lipinski definition) is 1. The van der Waals surface area contributed by atoms with Crippen molar-refractivity contribution in [2.24, 2.45) is 0 Å². The lowest BCUT2D eigenvalue weighted by Crippen LogP contribution is -2.41. The monoisotopic (exact) mass is 325 g/mol. The van der Waals surface area contributed by atoms with Crippen LogP contribution in [-0.4, -0.2) is 37.1 Å². The van der Waals surface area contributed by atoms with Crippen LogP contribution < -0.4 is 5.32 Å². The summed E-state index contributed by atoms with van der Waals surface area (Å²) in [6.45, 7) is 1.43. The molecule has 0 atom stereocenters. The van der Waals surface area contributed by atoms with Crippen molar-refractivity contribution >= 4 is 11.6 Å². The van der Waals surface area contributed by atoms with Gasteiger partial charge in [0.2, 0.25) is 0 Å². The molecule has 2 rings (SSSR count). The topological polar surface area (TPSA) is 65.4 Å². The van der Waals surface area contributed by atoms with E-state index in [9.17, 15) is 18.0 Å². The molecule has 1 aliphatic heterocycles. The zero-order valence-corrected chi connectivity index (χ0v) is 12.1. The summed E-state index contributed by atoms with van der Waals surface area (Å²) in [4.78, 5) is 13.6. The van der Waals surface area contributed by atoms with Crippen LogP contribution in [0, 0.1) is 11.3 Å². The number of alkyl halides is 3. The fraction of sp³-hybridized carbons (Fsp3) is 0.333. The summed E-state index contributed by atoms with van der Waals surface area (Å²) in [7, 11) is 0. The molecule has 8 heteroatoms. The van der Waals surface area contributed by atoms with Gasteiger partial charge in [-0.05, 0) is 12.1 Å². The highest BCUT2D eigenvalue weighted by Crippen LogP contribution is 2.34. The van der Waals surface area contributed by atoms with Crippen molar-refractivity contribution in [2.75, 3.05) is 31.6 Å². The lowest BCUT2D eigenvalue weighted by Gasteiger charge is -2.26. The first-order valence-corrected chi connectivity index (χ1v) is 6.83. The minimum absolute atomic E-state index is 0.220. The molecule has 1 aliphatic rings. The van der Waals surface area contributed by atoms with Gasteiger partial charge in [-0.1, -0.05) is 12.1 Å². The average Bonchev–Trinajstić information content (AvgIpc) is 2.55. The molecule has 1 fully saturated rings. The maximum atomic E-state index is 12.9. The number of benzene rings is 1. The predicted octanol–water partition coefficient (Wildman–Crippen LogP) is 2.38. The maximum Gasteiger partial charge on any atom is 0.418 e. The predicted molar refractivity (Wildman–Crippen MR) is 76.2 cm³/mol. The van der Waals surface area contributed by atoms with E-state index < -0.39 is 17.6 Å².